The molecule has 0 atom stereocenters. The predicted octanol–water partition coefficient (Wildman–Crippen LogP) is 6.23. The van der Waals surface area contributed by atoms with Crippen LogP contribution in [0.15, 0.2) is 88.7 Å². The van der Waals surface area contributed by atoms with Crippen LogP contribution in [-0.2, 0) is 16.0 Å². The van der Waals surface area contributed by atoms with Gasteiger partial charge in [0.2, 0.25) is 11.7 Å². The average Bonchev–Trinajstić information content (AvgIpc) is 2.86. The second-order valence-electron chi connectivity index (χ2n) is 7.65. The summed E-state index contributed by atoms with van der Waals surface area (Å²) in [5.74, 6) is -1.84. The fourth-order valence-corrected chi connectivity index (χ4v) is 4.45. The van der Waals surface area contributed by atoms with Gasteiger partial charge in [-0.1, -0.05) is 42.5 Å². The first-order valence-electron chi connectivity index (χ1n) is 10.4. The van der Waals surface area contributed by atoms with E-state index in [1.165, 1.54) is 48.5 Å². The molecule has 0 N–H and O–H groups in total. The van der Waals surface area contributed by atoms with E-state index in [1.807, 2.05) is 0 Å². The summed E-state index contributed by atoms with van der Waals surface area (Å²) in [5, 5.41) is 10.9. The zero-order valence-corrected chi connectivity index (χ0v) is 20.5. The number of nitro groups is 1. The van der Waals surface area contributed by atoms with E-state index in [1.54, 1.807) is 30.3 Å². The van der Waals surface area contributed by atoms with Gasteiger partial charge in [0.25, 0.3) is 5.69 Å². The van der Waals surface area contributed by atoms with Gasteiger partial charge in [0.1, 0.15) is 0 Å². The Morgan fingerprint density at radius 1 is 0.892 bits per heavy atom. The van der Waals surface area contributed by atoms with Gasteiger partial charge in [-0.15, -0.1) is 0 Å². The van der Waals surface area contributed by atoms with E-state index in [0.29, 0.717) is 22.5 Å². The van der Waals surface area contributed by atoms with Crippen molar-refractivity contribution in [1.29, 1.82) is 0 Å². The third-order valence-electron chi connectivity index (χ3n) is 5.01. The molecule has 0 amide bonds. The summed E-state index contributed by atoms with van der Waals surface area (Å²) in [7, 11) is -3.53. The maximum Gasteiger partial charge on any atom is 0.451 e. The molecule has 1 aromatic heterocycles. The Balaban J connectivity index is 1.87. The number of hydrogen-bond acceptors (Lipinski definition) is 8. The Bertz CT molecular complexity index is 1550. The fourth-order valence-electron chi connectivity index (χ4n) is 3.27. The number of alkyl halides is 3. The number of hydrogen-bond donors (Lipinski definition) is 0. The van der Waals surface area contributed by atoms with Gasteiger partial charge in [-0.05, 0) is 29.8 Å². The first-order valence-corrected chi connectivity index (χ1v) is 13.0. The standard InChI is InChI=1S/C24H16F3N3O5S2/c1-37(33,34)19-13-7-16(8-14-19)21-20(15-5-3-2-4-6-15)22(29-23(28-21)24(25,26)27)35-36-18-11-9-17(10-12-18)30(31)32/h2-14H,1H3. The van der Waals surface area contributed by atoms with Crippen molar-refractivity contribution < 1.29 is 30.7 Å². The van der Waals surface area contributed by atoms with Crippen LogP contribution in [0.2, 0.25) is 0 Å². The van der Waals surface area contributed by atoms with Crippen molar-refractivity contribution in [2.24, 2.45) is 0 Å². The number of sulfone groups is 1. The molecule has 4 aromatic rings. The molecule has 37 heavy (non-hydrogen) atoms. The minimum absolute atomic E-state index is 0.00666. The highest BCUT2D eigenvalue weighted by Gasteiger charge is 2.37. The van der Waals surface area contributed by atoms with Crippen LogP contribution in [0.25, 0.3) is 22.4 Å². The molecule has 0 saturated heterocycles. The van der Waals surface area contributed by atoms with Gasteiger partial charge in [-0.25, -0.2) is 13.4 Å². The van der Waals surface area contributed by atoms with Crippen molar-refractivity contribution in [2.45, 2.75) is 16.0 Å². The topological polar surface area (TPSA) is 112 Å². The molecule has 1 heterocycles. The van der Waals surface area contributed by atoms with Crippen LogP contribution in [0.1, 0.15) is 5.82 Å². The number of halogens is 3. The summed E-state index contributed by atoms with van der Waals surface area (Å²) in [4.78, 5) is 18.1. The Morgan fingerprint density at radius 2 is 1.51 bits per heavy atom. The van der Waals surface area contributed by atoms with Crippen molar-refractivity contribution in [3.05, 3.63) is 94.8 Å². The third-order valence-corrected chi connectivity index (χ3v) is 6.85. The lowest BCUT2D eigenvalue weighted by Crippen LogP contribution is -2.13. The average molecular weight is 548 g/mol. The van der Waals surface area contributed by atoms with E-state index in [2.05, 4.69) is 9.97 Å². The van der Waals surface area contributed by atoms with Crippen molar-refractivity contribution in [3.63, 3.8) is 0 Å². The van der Waals surface area contributed by atoms with Crippen LogP contribution < -0.4 is 4.18 Å². The van der Waals surface area contributed by atoms with E-state index in [4.69, 9.17) is 4.18 Å². The number of aromatic nitrogens is 2. The highest BCUT2D eigenvalue weighted by molar-refractivity contribution is 7.95. The molecule has 0 aliphatic carbocycles. The Kier molecular flexibility index (Phi) is 7.18. The SMILES string of the molecule is CS(=O)(=O)c1ccc(-c2nc(C(F)(F)F)nc(OSc3ccc([N+](=O)[O-])cc3)c2-c2ccccc2)cc1. The highest BCUT2D eigenvalue weighted by Crippen LogP contribution is 2.41. The van der Waals surface area contributed by atoms with E-state index < -0.39 is 26.8 Å². The smallest absolute Gasteiger partial charge is 0.400 e. The monoisotopic (exact) mass is 547 g/mol. The van der Waals surface area contributed by atoms with Gasteiger partial charge in [-0.3, -0.25) is 10.1 Å². The van der Waals surface area contributed by atoms with Crippen LogP contribution in [0, 0.1) is 10.1 Å². The summed E-state index contributed by atoms with van der Waals surface area (Å²) in [6.45, 7) is 0. The minimum Gasteiger partial charge on any atom is -0.400 e. The highest BCUT2D eigenvalue weighted by atomic mass is 32.2. The molecule has 0 fully saturated rings. The molecule has 0 aliphatic heterocycles. The van der Waals surface area contributed by atoms with Crippen LogP contribution in [0.4, 0.5) is 18.9 Å². The first-order chi connectivity index (χ1) is 17.4. The molecule has 0 unspecified atom stereocenters. The fraction of sp³-hybridized carbons (Fsp3) is 0.0833. The Morgan fingerprint density at radius 3 is 2.05 bits per heavy atom. The lowest BCUT2D eigenvalue weighted by Gasteiger charge is -2.17. The molecule has 13 heteroatoms. The van der Waals surface area contributed by atoms with Crippen molar-refractivity contribution in [3.8, 4) is 28.3 Å². The molecule has 8 nitrogen and oxygen atoms in total. The van der Waals surface area contributed by atoms with Crippen LogP contribution >= 0.6 is 12.0 Å². The van der Waals surface area contributed by atoms with Crippen molar-refractivity contribution in [1.82, 2.24) is 9.97 Å². The molecule has 0 bridgehead atoms. The van der Waals surface area contributed by atoms with E-state index in [9.17, 15) is 31.7 Å². The van der Waals surface area contributed by atoms with E-state index in [-0.39, 0.29) is 33.3 Å². The van der Waals surface area contributed by atoms with Gasteiger partial charge in [0, 0.05) is 28.8 Å². The molecule has 0 spiro atoms. The van der Waals surface area contributed by atoms with Gasteiger partial charge < -0.3 is 4.18 Å². The number of rotatable bonds is 7. The zero-order valence-electron chi connectivity index (χ0n) is 18.8. The van der Waals surface area contributed by atoms with E-state index >= 15 is 0 Å². The number of benzene rings is 3. The molecule has 3 aromatic carbocycles. The molecule has 190 valence electrons. The maximum atomic E-state index is 13.8. The Hall–Kier alpha value is -3.97. The Labute approximate surface area is 213 Å². The predicted molar refractivity (Wildman–Crippen MR) is 131 cm³/mol. The number of nitrogens with zero attached hydrogens (tertiary/aromatic N) is 3. The number of non-ortho nitro benzene ring substituents is 1. The summed E-state index contributed by atoms with van der Waals surface area (Å²) in [5.41, 5.74) is 0.542. The molecular formula is C24H16F3N3O5S2. The first kappa shape index (κ1) is 26.1. The normalized spacial score (nSPS) is 11.8. The van der Waals surface area contributed by atoms with E-state index in [0.717, 1.165) is 6.26 Å². The summed E-state index contributed by atoms with van der Waals surface area (Å²) < 4.78 is 70.7. The molecule has 0 saturated carbocycles. The van der Waals surface area contributed by atoms with Crippen LogP contribution in [0.3, 0.4) is 0 Å². The maximum absolute atomic E-state index is 13.8. The van der Waals surface area contributed by atoms with Gasteiger partial charge in [-0.2, -0.15) is 18.2 Å². The van der Waals surface area contributed by atoms with Gasteiger partial charge in [0.15, 0.2) is 9.84 Å². The van der Waals surface area contributed by atoms with Crippen LogP contribution in [-0.4, -0.2) is 29.6 Å². The van der Waals surface area contributed by atoms with Gasteiger partial charge >= 0.3 is 6.18 Å². The molecule has 0 radical (unpaired) electrons. The van der Waals surface area contributed by atoms with Crippen LogP contribution in [0.5, 0.6) is 5.88 Å². The largest absolute Gasteiger partial charge is 0.451 e. The number of nitro benzene ring substituents is 1. The van der Waals surface area contributed by atoms with Crippen molar-refractivity contribution >= 4 is 27.6 Å². The van der Waals surface area contributed by atoms with Crippen molar-refractivity contribution in [2.75, 3.05) is 6.26 Å². The molecular weight excluding hydrogens is 531 g/mol. The molecule has 0 aliphatic rings. The quantitative estimate of drug-likeness (QED) is 0.152. The summed E-state index contributed by atoms with van der Waals surface area (Å²) >= 11 is 0.672. The molecule has 4 rings (SSSR count). The minimum atomic E-state index is -4.91. The third kappa shape index (κ3) is 6.06. The second-order valence-corrected chi connectivity index (χ2v) is 10.5. The lowest BCUT2D eigenvalue weighted by molar-refractivity contribution is -0.384. The lowest BCUT2D eigenvalue weighted by atomic mass is 10.00. The summed E-state index contributed by atoms with van der Waals surface area (Å²) in [6, 6.07) is 18.9. The summed E-state index contributed by atoms with van der Waals surface area (Å²) in [6.07, 6.45) is -3.89. The zero-order chi connectivity index (χ0) is 26.8. The van der Waals surface area contributed by atoms with Gasteiger partial charge in [0.05, 0.1) is 33.1 Å². The second kappa shape index (κ2) is 10.2.